The lowest BCUT2D eigenvalue weighted by Crippen LogP contribution is -2.38. The van der Waals surface area contributed by atoms with Crippen molar-refractivity contribution in [2.75, 3.05) is 44.8 Å². The van der Waals surface area contributed by atoms with Gasteiger partial charge in [0.1, 0.15) is 6.61 Å². The van der Waals surface area contributed by atoms with Gasteiger partial charge in [-0.2, -0.15) is 12.6 Å². The largest absolute Gasteiger partial charge is 0.457 e. The Hall–Kier alpha value is -4.43. The smallest absolute Gasteiger partial charge is 0.339 e. The van der Waals surface area contributed by atoms with E-state index < -0.39 is 15.8 Å². The summed E-state index contributed by atoms with van der Waals surface area (Å²) >= 11 is 3.86. The first-order chi connectivity index (χ1) is 24.4. The molecule has 276 valence electrons. The van der Waals surface area contributed by atoms with Crippen LogP contribution in [0.25, 0.3) is 11.1 Å². The molecule has 0 fully saturated rings. The predicted molar refractivity (Wildman–Crippen MR) is 200 cm³/mol. The number of ether oxygens (including phenoxy) is 1. The molecule has 1 aliphatic heterocycles. The SMILES string of the molecule is C=C(CNC(=O)CS)NCC(=O)NCC(=O)CCCCCCCCCCNC(=O)c1ccc(C2=C(c3ccc(S(C)(=O)=O)cc3)COC2=O)cc1. The number of carbonyl (C=O) groups excluding carboxylic acids is 5. The first-order valence-corrected chi connectivity index (χ1v) is 19.6. The van der Waals surface area contributed by atoms with Crippen LogP contribution in [0.4, 0.5) is 0 Å². The zero-order valence-electron chi connectivity index (χ0n) is 29.1. The number of rotatable bonds is 23. The Balaban J connectivity index is 1.24. The molecule has 0 atom stereocenters. The van der Waals surface area contributed by atoms with Crippen molar-refractivity contribution in [2.45, 2.75) is 62.7 Å². The molecule has 12 nitrogen and oxygen atoms in total. The van der Waals surface area contributed by atoms with Gasteiger partial charge in [-0.1, -0.05) is 69.4 Å². The third-order valence-corrected chi connectivity index (χ3v) is 9.63. The Morgan fingerprint density at radius 3 is 1.96 bits per heavy atom. The summed E-state index contributed by atoms with van der Waals surface area (Å²) in [6.07, 6.45) is 9.40. The van der Waals surface area contributed by atoms with Crippen LogP contribution in [0.2, 0.25) is 0 Å². The predicted octanol–water partition coefficient (Wildman–Crippen LogP) is 3.63. The molecular weight excluding hydrogens is 693 g/mol. The highest BCUT2D eigenvalue weighted by atomic mass is 32.2. The monoisotopic (exact) mass is 740 g/mol. The third kappa shape index (κ3) is 14.4. The van der Waals surface area contributed by atoms with E-state index in [-0.39, 0.29) is 60.4 Å². The van der Waals surface area contributed by atoms with Crippen molar-refractivity contribution in [1.29, 1.82) is 0 Å². The Morgan fingerprint density at radius 2 is 1.33 bits per heavy atom. The number of carbonyl (C=O) groups is 5. The van der Waals surface area contributed by atoms with E-state index in [0.717, 1.165) is 57.6 Å². The van der Waals surface area contributed by atoms with E-state index in [4.69, 9.17) is 4.74 Å². The van der Waals surface area contributed by atoms with Crippen molar-refractivity contribution >= 4 is 63.1 Å². The second-order valence-electron chi connectivity index (χ2n) is 12.3. The molecule has 1 heterocycles. The summed E-state index contributed by atoms with van der Waals surface area (Å²) < 4.78 is 28.9. The van der Waals surface area contributed by atoms with Gasteiger partial charge in [0.2, 0.25) is 11.8 Å². The average Bonchev–Trinajstić information content (AvgIpc) is 3.51. The second-order valence-corrected chi connectivity index (χ2v) is 14.7. The Morgan fingerprint density at radius 1 is 0.745 bits per heavy atom. The average molecular weight is 741 g/mol. The normalized spacial score (nSPS) is 12.6. The molecule has 4 N–H and O–H groups in total. The Bertz CT molecular complexity index is 1690. The van der Waals surface area contributed by atoms with Gasteiger partial charge in [0.15, 0.2) is 15.6 Å². The molecular formula is C37H48N4O8S2. The first kappa shape index (κ1) is 41.0. The maximum absolute atomic E-state index is 12.7. The number of benzene rings is 2. The molecule has 51 heavy (non-hydrogen) atoms. The minimum Gasteiger partial charge on any atom is -0.457 e. The lowest BCUT2D eigenvalue weighted by atomic mass is 9.96. The van der Waals surface area contributed by atoms with E-state index in [9.17, 15) is 32.4 Å². The summed E-state index contributed by atoms with van der Waals surface area (Å²) in [5.74, 6) is -1.15. The lowest BCUT2D eigenvalue weighted by Gasteiger charge is -2.10. The number of Topliss-reactive ketones (excluding diaryl/α,β-unsaturated/α-hetero) is 1. The molecule has 3 rings (SSSR count). The zero-order valence-corrected chi connectivity index (χ0v) is 30.8. The molecule has 0 unspecified atom stereocenters. The van der Waals surface area contributed by atoms with Gasteiger partial charge >= 0.3 is 5.97 Å². The summed E-state index contributed by atoms with van der Waals surface area (Å²) in [5, 5.41) is 10.9. The number of esters is 1. The molecule has 0 radical (unpaired) electrons. The Kier molecular flexibility index (Phi) is 16.9. The fourth-order valence-corrected chi connectivity index (χ4v) is 6.05. The van der Waals surface area contributed by atoms with Crippen LogP contribution in [0.15, 0.2) is 65.7 Å². The molecule has 0 spiro atoms. The summed E-state index contributed by atoms with van der Waals surface area (Å²) in [6, 6.07) is 13.1. The van der Waals surface area contributed by atoms with E-state index in [1.165, 1.54) is 12.1 Å². The topological polar surface area (TPSA) is 177 Å². The van der Waals surface area contributed by atoms with Gasteiger partial charge < -0.3 is 26.0 Å². The van der Waals surface area contributed by atoms with Gasteiger partial charge in [0, 0.05) is 36.1 Å². The minimum atomic E-state index is -3.34. The summed E-state index contributed by atoms with van der Waals surface area (Å²) in [7, 11) is -3.34. The molecule has 0 saturated heterocycles. The minimum absolute atomic E-state index is 0.00604. The number of unbranched alkanes of at least 4 members (excludes halogenated alkanes) is 7. The van der Waals surface area contributed by atoms with Crippen LogP contribution in [0.1, 0.15) is 79.3 Å². The fourth-order valence-electron chi connectivity index (χ4n) is 5.31. The maximum Gasteiger partial charge on any atom is 0.339 e. The highest BCUT2D eigenvalue weighted by Crippen LogP contribution is 2.33. The molecule has 1 aliphatic rings. The van der Waals surface area contributed by atoms with E-state index in [2.05, 4.69) is 40.5 Å². The van der Waals surface area contributed by atoms with Crippen LogP contribution in [0, 0.1) is 0 Å². The second kappa shape index (κ2) is 21.1. The standard InChI is InChI=1S/C37H48N4O8S2/c1-26(21-40-34(44)25-50)39-23-33(43)41-22-30(42)11-9-7-5-3-4-6-8-10-20-38-36(45)29-14-12-28(13-15-29)35-32(24-49-37(35)46)27-16-18-31(19-17-27)51(2,47)48/h12-19,39,50H,1,3-11,20-25H2,2H3,(H,38,45)(H,40,44)(H,41,43). The molecule has 0 aliphatic carbocycles. The van der Waals surface area contributed by atoms with E-state index in [1.54, 1.807) is 36.4 Å². The maximum atomic E-state index is 12.7. The van der Waals surface area contributed by atoms with Crippen LogP contribution < -0.4 is 21.3 Å². The zero-order chi connectivity index (χ0) is 37.2. The lowest BCUT2D eigenvalue weighted by molar-refractivity contribution is -0.134. The van der Waals surface area contributed by atoms with Gasteiger partial charge in [-0.3, -0.25) is 19.2 Å². The van der Waals surface area contributed by atoms with Crippen molar-refractivity contribution in [3.63, 3.8) is 0 Å². The number of amides is 3. The number of thiol groups is 1. The van der Waals surface area contributed by atoms with Gasteiger partial charge in [-0.15, -0.1) is 0 Å². The van der Waals surface area contributed by atoms with E-state index in [0.29, 0.717) is 46.5 Å². The molecule has 14 heteroatoms. The number of hydrogen-bond acceptors (Lipinski definition) is 10. The summed E-state index contributed by atoms with van der Waals surface area (Å²) in [6.45, 7) is 4.53. The van der Waals surface area contributed by atoms with Crippen LogP contribution in [0.3, 0.4) is 0 Å². The van der Waals surface area contributed by atoms with Crippen molar-refractivity contribution in [1.82, 2.24) is 21.3 Å². The summed E-state index contributed by atoms with van der Waals surface area (Å²) in [5.41, 5.74) is 3.34. The molecule has 0 aromatic heterocycles. The third-order valence-electron chi connectivity index (χ3n) is 8.21. The number of ketones is 1. The van der Waals surface area contributed by atoms with Crippen LogP contribution in [-0.2, 0) is 33.8 Å². The van der Waals surface area contributed by atoms with Gasteiger partial charge in [-0.25, -0.2) is 13.2 Å². The van der Waals surface area contributed by atoms with Crippen LogP contribution >= 0.6 is 12.6 Å². The Labute approximate surface area is 305 Å². The quantitative estimate of drug-likeness (QED) is 0.0647. The van der Waals surface area contributed by atoms with Crippen molar-refractivity contribution in [3.05, 3.63) is 77.5 Å². The highest BCUT2D eigenvalue weighted by molar-refractivity contribution is 7.90. The fraction of sp³-hybridized carbons (Fsp3) is 0.432. The molecule has 0 bridgehead atoms. The first-order valence-electron chi connectivity index (χ1n) is 17.1. The van der Waals surface area contributed by atoms with E-state index >= 15 is 0 Å². The van der Waals surface area contributed by atoms with Crippen molar-refractivity contribution in [2.24, 2.45) is 0 Å². The summed E-state index contributed by atoms with van der Waals surface area (Å²) in [4.78, 5) is 60.6. The van der Waals surface area contributed by atoms with Crippen molar-refractivity contribution in [3.8, 4) is 0 Å². The number of cyclic esters (lactones) is 1. The van der Waals surface area contributed by atoms with E-state index in [1.807, 2.05) is 0 Å². The van der Waals surface area contributed by atoms with Crippen molar-refractivity contribution < 1.29 is 37.1 Å². The van der Waals surface area contributed by atoms with Crippen LogP contribution in [0.5, 0.6) is 0 Å². The van der Waals surface area contributed by atoms with Gasteiger partial charge in [0.05, 0.1) is 35.9 Å². The van der Waals surface area contributed by atoms with Crippen LogP contribution in [-0.4, -0.2) is 82.7 Å². The number of nitrogens with one attached hydrogen (secondary N) is 4. The highest BCUT2D eigenvalue weighted by Gasteiger charge is 2.27. The molecule has 0 saturated carbocycles. The molecule has 2 aromatic carbocycles. The van der Waals surface area contributed by atoms with Gasteiger partial charge in [-0.05, 0) is 48.2 Å². The number of hydrogen-bond donors (Lipinski definition) is 5. The molecule has 2 aromatic rings. The van der Waals surface area contributed by atoms with Gasteiger partial charge in [0.25, 0.3) is 5.91 Å². The number of sulfone groups is 1. The molecule has 3 amide bonds.